The molecule has 0 bridgehead atoms. The Labute approximate surface area is 119 Å². The second kappa shape index (κ2) is 5.27. The Morgan fingerprint density at radius 3 is 2.68 bits per heavy atom. The SMILES string of the molecule is Cc1ccc(Nc2nc(C(N)=O)ccc2N)cc1Br. The molecule has 0 fully saturated rings. The van der Waals surface area contributed by atoms with Gasteiger partial charge >= 0.3 is 0 Å². The van der Waals surface area contributed by atoms with Crippen LogP contribution in [0.3, 0.4) is 0 Å². The van der Waals surface area contributed by atoms with Gasteiger partial charge in [-0.3, -0.25) is 4.79 Å². The standard InChI is InChI=1S/C13H13BrN4O/c1-7-2-3-8(6-9(7)14)17-13-10(15)4-5-11(18-13)12(16)19/h2-6H,15H2,1H3,(H2,16,19)(H,17,18). The maximum atomic E-state index is 11.1. The molecule has 5 N–H and O–H groups in total. The second-order valence-electron chi connectivity index (χ2n) is 4.09. The number of aryl methyl sites for hydroxylation is 1. The number of aromatic nitrogens is 1. The quantitative estimate of drug-likeness (QED) is 0.810. The van der Waals surface area contributed by atoms with Crippen LogP contribution in [-0.2, 0) is 0 Å². The summed E-state index contributed by atoms with van der Waals surface area (Å²) in [6.45, 7) is 1.99. The van der Waals surface area contributed by atoms with Gasteiger partial charge < -0.3 is 16.8 Å². The van der Waals surface area contributed by atoms with Crippen molar-refractivity contribution in [3.05, 3.63) is 46.1 Å². The van der Waals surface area contributed by atoms with E-state index in [2.05, 4.69) is 26.2 Å². The summed E-state index contributed by atoms with van der Waals surface area (Å²) in [4.78, 5) is 15.2. The summed E-state index contributed by atoms with van der Waals surface area (Å²) in [7, 11) is 0. The number of nitrogens with one attached hydrogen (secondary N) is 1. The Kier molecular flexibility index (Phi) is 3.71. The van der Waals surface area contributed by atoms with Crippen molar-refractivity contribution >= 4 is 39.0 Å². The average molecular weight is 321 g/mol. The molecule has 19 heavy (non-hydrogen) atoms. The molecular weight excluding hydrogens is 308 g/mol. The number of pyridine rings is 1. The fourth-order valence-electron chi connectivity index (χ4n) is 1.51. The molecule has 0 atom stereocenters. The molecule has 5 nitrogen and oxygen atoms in total. The van der Waals surface area contributed by atoms with Gasteiger partial charge in [0.2, 0.25) is 0 Å². The maximum absolute atomic E-state index is 11.1. The molecule has 0 aliphatic rings. The molecular formula is C13H13BrN4O. The van der Waals surface area contributed by atoms with Crippen LogP contribution < -0.4 is 16.8 Å². The number of halogens is 1. The minimum atomic E-state index is -0.590. The summed E-state index contributed by atoms with van der Waals surface area (Å²) < 4.78 is 0.974. The number of hydrogen-bond donors (Lipinski definition) is 3. The second-order valence-corrected chi connectivity index (χ2v) is 4.94. The molecule has 0 aliphatic carbocycles. The van der Waals surface area contributed by atoms with Crippen LogP contribution in [-0.4, -0.2) is 10.9 Å². The molecule has 1 heterocycles. The van der Waals surface area contributed by atoms with Crippen molar-refractivity contribution < 1.29 is 4.79 Å². The van der Waals surface area contributed by atoms with Crippen molar-refractivity contribution in [3.8, 4) is 0 Å². The Morgan fingerprint density at radius 2 is 2.05 bits per heavy atom. The first-order chi connectivity index (χ1) is 8.97. The first-order valence-electron chi connectivity index (χ1n) is 5.57. The molecule has 98 valence electrons. The van der Waals surface area contributed by atoms with E-state index >= 15 is 0 Å². The normalized spacial score (nSPS) is 10.2. The van der Waals surface area contributed by atoms with Gasteiger partial charge in [-0.05, 0) is 36.8 Å². The molecule has 0 unspecified atom stereocenters. The number of carbonyl (C=O) groups is 1. The van der Waals surface area contributed by atoms with Gasteiger partial charge in [-0.25, -0.2) is 4.98 Å². The molecule has 2 rings (SSSR count). The number of carbonyl (C=O) groups excluding carboxylic acids is 1. The van der Waals surface area contributed by atoms with Gasteiger partial charge in [0.15, 0.2) is 5.82 Å². The van der Waals surface area contributed by atoms with E-state index in [9.17, 15) is 4.79 Å². The van der Waals surface area contributed by atoms with E-state index in [0.717, 1.165) is 15.7 Å². The van der Waals surface area contributed by atoms with Gasteiger partial charge in [0.05, 0.1) is 5.69 Å². The molecule has 6 heteroatoms. The molecule has 1 aromatic heterocycles. The van der Waals surface area contributed by atoms with Crippen LogP contribution in [0.4, 0.5) is 17.2 Å². The number of anilines is 3. The molecule has 2 aromatic rings. The van der Waals surface area contributed by atoms with E-state index in [0.29, 0.717) is 11.5 Å². The van der Waals surface area contributed by atoms with Crippen LogP contribution in [0.2, 0.25) is 0 Å². The fraction of sp³-hybridized carbons (Fsp3) is 0.0769. The predicted octanol–water partition coefficient (Wildman–Crippen LogP) is 2.58. The zero-order valence-corrected chi connectivity index (χ0v) is 11.9. The highest BCUT2D eigenvalue weighted by molar-refractivity contribution is 9.10. The smallest absolute Gasteiger partial charge is 0.267 e. The van der Waals surface area contributed by atoms with Crippen LogP contribution in [0.25, 0.3) is 0 Å². The first-order valence-corrected chi connectivity index (χ1v) is 6.36. The molecule has 1 amide bonds. The number of nitrogen functional groups attached to an aromatic ring is 1. The van der Waals surface area contributed by atoms with E-state index in [1.165, 1.54) is 6.07 Å². The summed E-state index contributed by atoms with van der Waals surface area (Å²) in [6, 6.07) is 8.86. The number of amides is 1. The third-order valence-electron chi connectivity index (χ3n) is 2.61. The van der Waals surface area contributed by atoms with E-state index in [4.69, 9.17) is 11.5 Å². The third-order valence-corrected chi connectivity index (χ3v) is 3.47. The van der Waals surface area contributed by atoms with Gasteiger partial charge in [-0.2, -0.15) is 0 Å². The largest absolute Gasteiger partial charge is 0.396 e. The number of nitrogens with two attached hydrogens (primary N) is 2. The lowest BCUT2D eigenvalue weighted by atomic mass is 10.2. The number of benzene rings is 1. The van der Waals surface area contributed by atoms with Crippen molar-refractivity contribution in [2.24, 2.45) is 5.73 Å². The predicted molar refractivity (Wildman–Crippen MR) is 79.3 cm³/mol. The highest BCUT2D eigenvalue weighted by atomic mass is 79.9. The van der Waals surface area contributed by atoms with Crippen LogP contribution in [0.5, 0.6) is 0 Å². The maximum Gasteiger partial charge on any atom is 0.267 e. The van der Waals surface area contributed by atoms with Gasteiger partial charge in [-0.1, -0.05) is 22.0 Å². The summed E-state index contributed by atoms with van der Waals surface area (Å²) in [5.74, 6) is -0.180. The van der Waals surface area contributed by atoms with Crippen LogP contribution in [0, 0.1) is 6.92 Å². The van der Waals surface area contributed by atoms with Crippen molar-refractivity contribution in [3.63, 3.8) is 0 Å². The number of hydrogen-bond acceptors (Lipinski definition) is 4. The zero-order valence-electron chi connectivity index (χ0n) is 10.3. The number of nitrogens with zero attached hydrogens (tertiary/aromatic N) is 1. The fourth-order valence-corrected chi connectivity index (χ4v) is 1.89. The van der Waals surface area contributed by atoms with E-state index in [-0.39, 0.29) is 5.69 Å². The summed E-state index contributed by atoms with van der Waals surface area (Å²) in [6.07, 6.45) is 0. The molecule has 0 aliphatic heterocycles. The van der Waals surface area contributed by atoms with Gasteiger partial charge in [0.1, 0.15) is 5.69 Å². The Morgan fingerprint density at radius 1 is 1.32 bits per heavy atom. The summed E-state index contributed by atoms with van der Waals surface area (Å²) in [5, 5.41) is 3.06. The Hall–Kier alpha value is -2.08. The lowest BCUT2D eigenvalue weighted by Crippen LogP contribution is -2.14. The molecule has 0 saturated carbocycles. The minimum Gasteiger partial charge on any atom is -0.396 e. The highest BCUT2D eigenvalue weighted by Crippen LogP contribution is 2.25. The highest BCUT2D eigenvalue weighted by Gasteiger charge is 2.08. The lowest BCUT2D eigenvalue weighted by molar-refractivity contribution is 0.0996. The van der Waals surface area contributed by atoms with Crippen molar-refractivity contribution in [2.75, 3.05) is 11.1 Å². The number of rotatable bonds is 3. The van der Waals surface area contributed by atoms with E-state index < -0.39 is 5.91 Å². The van der Waals surface area contributed by atoms with Crippen LogP contribution in [0.1, 0.15) is 16.1 Å². The third kappa shape index (κ3) is 3.03. The first kappa shape index (κ1) is 13.4. The van der Waals surface area contributed by atoms with Crippen LogP contribution in [0.15, 0.2) is 34.8 Å². The van der Waals surface area contributed by atoms with Crippen molar-refractivity contribution in [1.29, 1.82) is 0 Å². The molecule has 1 aromatic carbocycles. The molecule has 0 spiro atoms. The molecule has 0 saturated heterocycles. The van der Waals surface area contributed by atoms with E-state index in [1.54, 1.807) is 6.07 Å². The lowest BCUT2D eigenvalue weighted by Gasteiger charge is -2.10. The zero-order chi connectivity index (χ0) is 14.0. The average Bonchev–Trinajstić information content (AvgIpc) is 2.36. The topological polar surface area (TPSA) is 94.0 Å². The monoisotopic (exact) mass is 320 g/mol. The molecule has 0 radical (unpaired) electrons. The summed E-state index contributed by atoms with van der Waals surface area (Å²) in [5.41, 5.74) is 13.6. The van der Waals surface area contributed by atoms with Gasteiger partial charge in [0, 0.05) is 10.2 Å². The van der Waals surface area contributed by atoms with E-state index in [1.807, 2.05) is 25.1 Å². The minimum absolute atomic E-state index is 0.169. The van der Waals surface area contributed by atoms with Gasteiger partial charge in [-0.15, -0.1) is 0 Å². The number of primary amides is 1. The Balaban J connectivity index is 2.34. The van der Waals surface area contributed by atoms with Gasteiger partial charge in [0.25, 0.3) is 5.91 Å². The summed E-state index contributed by atoms with van der Waals surface area (Å²) >= 11 is 3.45. The Bertz CT molecular complexity index is 643. The van der Waals surface area contributed by atoms with Crippen molar-refractivity contribution in [1.82, 2.24) is 4.98 Å². The van der Waals surface area contributed by atoms with Crippen molar-refractivity contribution in [2.45, 2.75) is 6.92 Å². The van der Waals surface area contributed by atoms with Crippen LogP contribution >= 0.6 is 15.9 Å².